The predicted octanol–water partition coefficient (Wildman–Crippen LogP) is 2.97. The maximum atomic E-state index is 5.36. The Labute approximate surface area is 94.8 Å². The van der Waals surface area contributed by atoms with E-state index >= 15 is 0 Å². The molecule has 15 heavy (non-hydrogen) atoms. The molecule has 1 aliphatic carbocycles. The summed E-state index contributed by atoms with van der Waals surface area (Å²) in [5.74, 6) is 0.837. The maximum Gasteiger partial charge on any atom is 0.0693 e. The van der Waals surface area contributed by atoms with Gasteiger partial charge in [0, 0.05) is 18.7 Å². The second-order valence-corrected chi connectivity index (χ2v) is 5.58. The van der Waals surface area contributed by atoms with E-state index in [2.05, 4.69) is 33.0 Å². The van der Waals surface area contributed by atoms with E-state index < -0.39 is 0 Å². The first kappa shape index (κ1) is 13.0. The quantitative estimate of drug-likeness (QED) is 0.758. The third kappa shape index (κ3) is 3.46. The van der Waals surface area contributed by atoms with Crippen molar-refractivity contribution in [2.75, 3.05) is 7.11 Å². The minimum Gasteiger partial charge on any atom is -0.380 e. The second-order valence-electron chi connectivity index (χ2n) is 5.58. The zero-order valence-electron chi connectivity index (χ0n) is 11.0. The molecule has 2 nitrogen and oxygen atoms in total. The lowest BCUT2D eigenvalue weighted by atomic mass is 9.85. The van der Waals surface area contributed by atoms with Crippen molar-refractivity contribution in [1.29, 1.82) is 0 Å². The molecule has 1 N–H and O–H groups in total. The molecular weight excluding hydrogens is 186 g/mol. The first-order chi connectivity index (χ1) is 6.97. The highest BCUT2D eigenvalue weighted by Gasteiger charge is 2.33. The molecule has 0 spiro atoms. The molecule has 1 rings (SSSR count). The third-order valence-electron chi connectivity index (χ3n) is 4.05. The largest absolute Gasteiger partial charge is 0.380 e. The van der Waals surface area contributed by atoms with Gasteiger partial charge in [-0.1, -0.05) is 12.8 Å². The molecule has 1 saturated carbocycles. The van der Waals surface area contributed by atoms with E-state index in [-0.39, 0.29) is 11.6 Å². The molecule has 2 atom stereocenters. The molecule has 2 heteroatoms. The number of hydrogen-bond acceptors (Lipinski definition) is 2. The highest BCUT2D eigenvalue weighted by atomic mass is 16.5. The van der Waals surface area contributed by atoms with Crippen LogP contribution in [0.5, 0.6) is 0 Å². The molecule has 0 amide bonds. The molecule has 2 unspecified atom stereocenters. The van der Waals surface area contributed by atoms with Crippen molar-refractivity contribution in [2.45, 2.75) is 71.1 Å². The fourth-order valence-corrected chi connectivity index (χ4v) is 2.67. The molecule has 0 aromatic heterocycles. The standard InChI is InChI=1S/C13H27NO/c1-10(11(2)15-5)14-13(3,4)12-8-6-7-9-12/h10-12,14H,6-9H2,1-5H3. The lowest BCUT2D eigenvalue weighted by molar-refractivity contribution is 0.0700. The summed E-state index contributed by atoms with van der Waals surface area (Å²) in [6, 6.07) is 0.422. The summed E-state index contributed by atoms with van der Waals surface area (Å²) in [6.07, 6.45) is 5.86. The van der Waals surface area contributed by atoms with Crippen molar-refractivity contribution in [3.05, 3.63) is 0 Å². The number of hydrogen-bond donors (Lipinski definition) is 1. The first-order valence-electron chi connectivity index (χ1n) is 6.28. The molecule has 0 aromatic carbocycles. The summed E-state index contributed by atoms with van der Waals surface area (Å²) < 4.78 is 5.36. The number of methoxy groups -OCH3 is 1. The van der Waals surface area contributed by atoms with Crippen molar-refractivity contribution in [3.8, 4) is 0 Å². The van der Waals surface area contributed by atoms with Gasteiger partial charge in [-0.3, -0.25) is 0 Å². The Morgan fingerprint density at radius 2 is 1.73 bits per heavy atom. The highest BCUT2D eigenvalue weighted by molar-refractivity contribution is 4.91. The van der Waals surface area contributed by atoms with Crippen LogP contribution in [0.2, 0.25) is 0 Å². The van der Waals surface area contributed by atoms with Gasteiger partial charge in [0.25, 0.3) is 0 Å². The first-order valence-corrected chi connectivity index (χ1v) is 6.28. The van der Waals surface area contributed by atoms with E-state index in [1.54, 1.807) is 7.11 Å². The minimum atomic E-state index is 0.253. The average Bonchev–Trinajstić information content (AvgIpc) is 2.69. The third-order valence-corrected chi connectivity index (χ3v) is 4.05. The topological polar surface area (TPSA) is 21.3 Å². The smallest absolute Gasteiger partial charge is 0.0693 e. The van der Waals surface area contributed by atoms with Gasteiger partial charge in [0.05, 0.1) is 6.10 Å². The van der Waals surface area contributed by atoms with Crippen molar-refractivity contribution < 1.29 is 4.74 Å². The van der Waals surface area contributed by atoms with Gasteiger partial charge in [0.1, 0.15) is 0 Å². The molecular formula is C13H27NO. The number of rotatable bonds is 5. The Bertz CT molecular complexity index is 185. The van der Waals surface area contributed by atoms with E-state index in [1.807, 2.05) is 0 Å². The minimum absolute atomic E-state index is 0.253. The fourth-order valence-electron chi connectivity index (χ4n) is 2.67. The zero-order chi connectivity index (χ0) is 11.5. The van der Waals surface area contributed by atoms with Crippen LogP contribution in [-0.4, -0.2) is 24.8 Å². The van der Waals surface area contributed by atoms with Crippen LogP contribution in [0.15, 0.2) is 0 Å². The van der Waals surface area contributed by atoms with Crippen LogP contribution < -0.4 is 5.32 Å². The Morgan fingerprint density at radius 1 is 1.20 bits per heavy atom. The van der Waals surface area contributed by atoms with Crippen LogP contribution in [0.3, 0.4) is 0 Å². The van der Waals surface area contributed by atoms with Gasteiger partial charge in [0.2, 0.25) is 0 Å². The van der Waals surface area contributed by atoms with Crippen LogP contribution in [-0.2, 0) is 4.74 Å². The summed E-state index contributed by atoms with van der Waals surface area (Å²) >= 11 is 0. The summed E-state index contributed by atoms with van der Waals surface area (Å²) in [4.78, 5) is 0. The Balaban J connectivity index is 2.46. The summed E-state index contributed by atoms with van der Waals surface area (Å²) in [5.41, 5.74) is 0.253. The van der Waals surface area contributed by atoms with Crippen LogP contribution in [0.25, 0.3) is 0 Å². The van der Waals surface area contributed by atoms with Gasteiger partial charge in [0.15, 0.2) is 0 Å². The molecule has 0 heterocycles. The summed E-state index contributed by atoms with van der Waals surface area (Å²) in [6.45, 7) is 9.01. The van der Waals surface area contributed by atoms with Crippen molar-refractivity contribution in [2.24, 2.45) is 5.92 Å². The summed E-state index contributed by atoms with van der Waals surface area (Å²) in [5, 5.41) is 3.72. The number of nitrogens with one attached hydrogen (secondary N) is 1. The Kier molecular flexibility index (Phi) is 4.60. The molecule has 1 aliphatic rings. The summed E-state index contributed by atoms with van der Waals surface area (Å²) in [7, 11) is 1.78. The monoisotopic (exact) mass is 213 g/mol. The van der Waals surface area contributed by atoms with Gasteiger partial charge in [-0.05, 0) is 46.5 Å². The predicted molar refractivity (Wildman–Crippen MR) is 65.1 cm³/mol. The van der Waals surface area contributed by atoms with E-state index in [0.29, 0.717) is 6.04 Å². The van der Waals surface area contributed by atoms with Crippen molar-refractivity contribution in [3.63, 3.8) is 0 Å². The highest BCUT2D eigenvalue weighted by Crippen LogP contribution is 2.34. The van der Waals surface area contributed by atoms with E-state index in [1.165, 1.54) is 25.7 Å². The molecule has 0 radical (unpaired) electrons. The van der Waals surface area contributed by atoms with E-state index in [4.69, 9.17) is 4.74 Å². The van der Waals surface area contributed by atoms with Gasteiger partial charge in [-0.2, -0.15) is 0 Å². The SMILES string of the molecule is COC(C)C(C)NC(C)(C)C1CCCC1. The van der Waals surface area contributed by atoms with Gasteiger partial charge in [-0.25, -0.2) is 0 Å². The molecule has 90 valence electrons. The molecule has 1 fully saturated rings. The lowest BCUT2D eigenvalue weighted by Gasteiger charge is -2.37. The maximum absolute atomic E-state index is 5.36. The lowest BCUT2D eigenvalue weighted by Crippen LogP contribution is -2.52. The van der Waals surface area contributed by atoms with E-state index in [9.17, 15) is 0 Å². The van der Waals surface area contributed by atoms with Crippen LogP contribution in [0.4, 0.5) is 0 Å². The molecule has 0 saturated heterocycles. The Hall–Kier alpha value is -0.0800. The van der Waals surface area contributed by atoms with Crippen molar-refractivity contribution in [1.82, 2.24) is 5.32 Å². The van der Waals surface area contributed by atoms with Gasteiger partial charge >= 0.3 is 0 Å². The zero-order valence-corrected chi connectivity index (χ0v) is 11.0. The fraction of sp³-hybridized carbons (Fsp3) is 1.00. The molecule has 0 bridgehead atoms. The van der Waals surface area contributed by atoms with Crippen LogP contribution in [0.1, 0.15) is 53.4 Å². The molecule has 0 aliphatic heterocycles. The van der Waals surface area contributed by atoms with Crippen molar-refractivity contribution >= 4 is 0 Å². The van der Waals surface area contributed by atoms with Crippen LogP contribution in [0, 0.1) is 5.92 Å². The molecule has 0 aromatic rings. The Morgan fingerprint density at radius 3 is 2.20 bits per heavy atom. The van der Waals surface area contributed by atoms with E-state index in [0.717, 1.165) is 5.92 Å². The number of ether oxygens (including phenoxy) is 1. The second kappa shape index (κ2) is 5.31. The van der Waals surface area contributed by atoms with Crippen LogP contribution >= 0.6 is 0 Å². The van der Waals surface area contributed by atoms with Gasteiger partial charge < -0.3 is 10.1 Å². The van der Waals surface area contributed by atoms with Gasteiger partial charge in [-0.15, -0.1) is 0 Å². The average molecular weight is 213 g/mol. The normalized spacial score (nSPS) is 23.0.